The third kappa shape index (κ3) is 3.32. The summed E-state index contributed by atoms with van der Waals surface area (Å²) in [6, 6.07) is 6.67. The Labute approximate surface area is 147 Å². The van der Waals surface area contributed by atoms with Gasteiger partial charge in [0.1, 0.15) is 16.6 Å². The summed E-state index contributed by atoms with van der Waals surface area (Å²) < 4.78 is 32.3. The molecule has 1 aliphatic rings. The first-order chi connectivity index (χ1) is 11.8. The number of sulfonamides is 1. The van der Waals surface area contributed by atoms with E-state index >= 15 is 0 Å². The summed E-state index contributed by atoms with van der Waals surface area (Å²) in [4.78, 5) is 12.7. The highest BCUT2D eigenvalue weighted by Gasteiger charge is 2.41. The van der Waals surface area contributed by atoms with Gasteiger partial charge in [-0.3, -0.25) is 4.79 Å². The summed E-state index contributed by atoms with van der Waals surface area (Å²) in [7, 11) is -3.84. The molecule has 0 spiro atoms. The Morgan fingerprint density at radius 1 is 1.32 bits per heavy atom. The second kappa shape index (κ2) is 6.61. The third-order valence-electron chi connectivity index (χ3n) is 4.33. The van der Waals surface area contributed by atoms with E-state index in [0.717, 1.165) is 5.56 Å². The van der Waals surface area contributed by atoms with E-state index in [1.54, 1.807) is 19.9 Å². The Hall–Kier alpha value is -2.19. The summed E-state index contributed by atoms with van der Waals surface area (Å²) in [6.07, 6.45) is 1.12. The van der Waals surface area contributed by atoms with Crippen LogP contribution in [-0.2, 0) is 14.8 Å². The van der Waals surface area contributed by atoms with Gasteiger partial charge in [-0.2, -0.15) is 4.31 Å². The minimum atomic E-state index is -3.84. The molecule has 25 heavy (non-hydrogen) atoms. The van der Waals surface area contributed by atoms with Crippen LogP contribution >= 0.6 is 0 Å². The molecule has 7 nitrogen and oxygen atoms in total. The normalized spacial score (nSPS) is 18.4. The van der Waals surface area contributed by atoms with Crippen molar-refractivity contribution < 1.29 is 17.7 Å². The maximum absolute atomic E-state index is 13.0. The number of aromatic nitrogens is 1. The average molecular weight is 363 g/mol. The molecule has 2 heterocycles. The molecule has 1 aromatic carbocycles. The predicted octanol–water partition coefficient (Wildman–Crippen LogP) is 2.39. The first-order valence-electron chi connectivity index (χ1n) is 8.13. The van der Waals surface area contributed by atoms with Gasteiger partial charge in [0, 0.05) is 12.2 Å². The van der Waals surface area contributed by atoms with E-state index in [9.17, 15) is 13.2 Å². The summed E-state index contributed by atoms with van der Waals surface area (Å²) in [5.74, 6) is -0.0827. The van der Waals surface area contributed by atoms with E-state index in [-0.39, 0.29) is 16.6 Å². The van der Waals surface area contributed by atoms with Crippen molar-refractivity contribution in [1.29, 1.82) is 0 Å². The van der Waals surface area contributed by atoms with Gasteiger partial charge in [0.05, 0.1) is 0 Å². The molecular weight excluding hydrogens is 342 g/mol. The fourth-order valence-corrected chi connectivity index (χ4v) is 5.15. The molecule has 0 saturated carbocycles. The zero-order valence-corrected chi connectivity index (χ0v) is 15.3. The summed E-state index contributed by atoms with van der Waals surface area (Å²) >= 11 is 0. The second-order valence-corrected chi connectivity index (χ2v) is 8.11. The van der Waals surface area contributed by atoms with Crippen LogP contribution in [-0.4, -0.2) is 36.4 Å². The lowest BCUT2D eigenvalue weighted by atomic mass is 10.2. The number of benzene rings is 1. The molecule has 1 saturated heterocycles. The van der Waals surface area contributed by atoms with Crippen LogP contribution in [0.25, 0.3) is 0 Å². The van der Waals surface area contributed by atoms with E-state index in [0.29, 0.717) is 30.8 Å². The van der Waals surface area contributed by atoms with E-state index in [1.807, 2.05) is 25.1 Å². The van der Waals surface area contributed by atoms with Crippen LogP contribution in [0.5, 0.6) is 0 Å². The van der Waals surface area contributed by atoms with Crippen molar-refractivity contribution in [2.45, 2.75) is 44.6 Å². The van der Waals surface area contributed by atoms with E-state index in [2.05, 4.69) is 10.5 Å². The smallest absolute Gasteiger partial charge is 0.249 e. The molecule has 134 valence electrons. The highest BCUT2D eigenvalue weighted by Crippen LogP contribution is 2.30. The van der Waals surface area contributed by atoms with Gasteiger partial charge in [0.15, 0.2) is 5.76 Å². The van der Waals surface area contributed by atoms with Gasteiger partial charge < -0.3 is 9.84 Å². The number of hydrogen-bond acceptors (Lipinski definition) is 5. The molecule has 1 N–H and O–H groups in total. The van der Waals surface area contributed by atoms with Crippen molar-refractivity contribution in [3.05, 3.63) is 41.3 Å². The maximum Gasteiger partial charge on any atom is 0.249 e. The minimum Gasteiger partial charge on any atom is -0.360 e. The van der Waals surface area contributed by atoms with Crippen LogP contribution in [0.15, 0.2) is 33.7 Å². The number of hydrogen-bond donors (Lipinski definition) is 1. The Balaban J connectivity index is 1.86. The molecule has 8 heteroatoms. The molecular formula is C17H21N3O4S. The van der Waals surface area contributed by atoms with E-state index in [4.69, 9.17) is 4.52 Å². The number of carbonyl (C=O) groups excluding carboxylic acids is 1. The first kappa shape index (κ1) is 17.6. The van der Waals surface area contributed by atoms with Gasteiger partial charge in [0.2, 0.25) is 15.9 Å². The van der Waals surface area contributed by atoms with Crippen molar-refractivity contribution in [3.8, 4) is 0 Å². The number of nitrogens with one attached hydrogen (secondary N) is 1. The van der Waals surface area contributed by atoms with Gasteiger partial charge in [0.25, 0.3) is 0 Å². The number of anilines is 1. The van der Waals surface area contributed by atoms with Gasteiger partial charge in [-0.1, -0.05) is 17.3 Å². The molecule has 1 fully saturated rings. The van der Waals surface area contributed by atoms with Crippen molar-refractivity contribution in [1.82, 2.24) is 9.46 Å². The van der Waals surface area contributed by atoms with Crippen LogP contribution in [0.1, 0.15) is 29.9 Å². The first-order valence-corrected chi connectivity index (χ1v) is 9.57. The fourth-order valence-electron chi connectivity index (χ4n) is 3.20. The van der Waals surface area contributed by atoms with Crippen LogP contribution in [0, 0.1) is 20.8 Å². The summed E-state index contributed by atoms with van der Waals surface area (Å²) in [5.41, 5.74) is 1.98. The van der Waals surface area contributed by atoms with Gasteiger partial charge in [-0.15, -0.1) is 0 Å². The molecule has 1 atom stereocenters. The topological polar surface area (TPSA) is 92.5 Å². The van der Waals surface area contributed by atoms with Gasteiger partial charge in [-0.05, 0) is 51.3 Å². The monoisotopic (exact) mass is 363 g/mol. The second-order valence-electron chi connectivity index (χ2n) is 6.29. The Kier molecular flexibility index (Phi) is 4.66. The lowest BCUT2D eigenvalue weighted by Crippen LogP contribution is -2.43. The maximum atomic E-state index is 13.0. The van der Waals surface area contributed by atoms with E-state index in [1.165, 1.54) is 4.31 Å². The van der Waals surface area contributed by atoms with Crippen LogP contribution in [0.3, 0.4) is 0 Å². The highest BCUT2D eigenvalue weighted by molar-refractivity contribution is 7.89. The number of rotatable bonds is 4. The SMILES string of the molecule is Cc1cccc(NC(=O)C2CCCN2S(=O)(=O)c2c(C)noc2C)c1. The summed E-state index contributed by atoms with van der Waals surface area (Å²) in [5, 5.41) is 6.54. The van der Waals surface area contributed by atoms with Crippen molar-refractivity contribution >= 4 is 21.6 Å². The summed E-state index contributed by atoms with van der Waals surface area (Å²) in [6.45, 7) is 5.38. The molecule has 1 amide bonds. The van der Waals surface area contributed by atoms with Crippen molar-refractivity contribution in [2.75, 3.05) is 11.9 Å². The van der Waals surface area contributed by atoms with Gasteiger partial charge >= 0.3 is 0 Å². The van der Waals surface area contributed by atoms with Crippen LogP contribution < -0.4 is 5.32 Å². The molecule has 0 radical (unpaired) electrons. The van der Waals surface area contributed by atoms with Crippen molar-refractivity contribution in [3.63, 3.8) is 0 Å². The number of nitrogens with zero attached hydrogens (tertiary/aromatic N) is 2. The number of aryl methyl sites for hydroxylation is 3. The fraction of sp³-hybridized carbons (Fsp3) is 0.412. The molecule has 3 rings (SSSR count). The highest BCUT2D eigenvalue weighted by atomic mass is 32.2. The zero-order valence-electron chi connectivity index (χ0n) is 14.4. The van der Waals surface area contributed by atoms with E-state index < -0.39 is 16.1 Å². The molecule has 0 aliphatic carbocycles. The Bertz CT molecular complexity index is 885. The quantitative estimate of drug-likeness (QED) is 0.900. The molecule has 2 aromatic rings. The lowest BCUT2D eigenvalue weighted by molar-refractivity contribution is -0.119. The van der Waals surface area contributed by atoms with Crippen LogP contribution in [0.2, 0.25) is 0 Å². The molecule has 1 aromatic heterocycles. The predicted molar refractivity (Wildman–Crippen MR) is 92.7 cm³/mol. The average Bonchev–Trinajstić information content (AvgIpc) is 3.15. The number of carbonyl (C=O) groups is 1. The third-order valence-corrected chi connectivity index (χ3v) is 6.48. The van der Waals surface area contributed by atoms with Crippen LogP contribution in [0.4, 0.5) is 5.69 Å². The van der Waals surface area contributed by atoms with Gasteiger partial charge in [-0.25, -0.2) is 8.42 Å². The molecule has 0 bridgehead atoms. The Morgan fingerprint density at radius 3 is 2.72 bits per heavy atom. The molecule has 1 unspecified atom stereocenters. The minimum absolute atomic E-state index is 0.0581. The zero-order chi connectivity index (χ0) is 18.2. The van der Waals surface area contributed by atoms with Crippen molar-refractivity contribution in [2.24, 2.45) is 0 Å². The largest absolute Gasteiger partial charge is 0.360 e. The Morgan fingerprint density at radius 2 is 2.08 bits per heavy atom. The molecule has 1 aliphatic heterocycles. The standard InChI is InChI=1S/C17H21N3O4S/c1-11-6-4-7-14(10-11)18-17(21)15-8-5-9-20(15)25(22,23)16-12(2)19-24-13(16)3/h4,6-7,10,15H,5,8-9H2,1-3H3,(H,18,21). The number of amides is 1. The lowest BCUT2D eigenvalue weighted by Gasteiger charge is -2.23.